The summed E-state index contributed by atoms with van der Waals surface area (Å²) in [6.07, 6.45) is 4.58. The number of imidazole rings is 1. The van der Waals surface area contributed by atoms with E-state index in [-0.39, 0.29) is 43.9 Å². The van der Waals surface area contributed by atoms with Crippen molar-refractivity contribution in [1.82, 2.24) is 24.8 Å². The van der Waals surface area contributed by atoms with Crippen molar-refractivity contribution in [2.24, 2.45) is 12.5 Å². The Morgan fingerprint density at radius 3 is 2.52 bits per heavy atom. The fourth-order valence-corrected chi connectivity index (χ4v) is 4.00. The third-order valence-electron chi connectivity index (χ3n) is 5.62. The van der Waals surface area contributed by atoms with Crippen molar-refractivity contribution >= 4 is 5.91 Å². The number of halogens is 4. The zero-order valence-electron chi connectivity index (χ0n) is 17.5. The Balaban J connectivity index is 0.000000461. The molecule has 0 atom stereocenters. The van der Waals surface area contributed by atoms with E-state index in [1.54, 1.807) is 11.6 Å². The zero-order valence-corrected chi connectivity index (χ0v) is 17.5. The average Bonchev–Trinajstić information content (AvgIpc) is 3.10. The molecular formula is C21H27F4N5O. The summed E-state index contributed by atoms with van der Waals surface area (Å²) in [6, 6.07) is 0.781. The highest BCUT2D eigenvalue weighted by Gasteiger charge is 2.61. The quantitative estimate of drug-likeness (QED) is 0.422. The van der Waals surface area contributed by atoms with Gasteiger partial charge in [-0.2, -0.15) is 9.37 Å². The van der Waals surface area contributed by atoms with Crippen molar-refractivity contribution < 1.29 is 23.8 Å². The molecule has 0 saturated heterocycles. The Bertz CT molecular complexity index is 959. The van der Waals surface area contributed by atoms with Crippen LogP contribution in [0.15, 0.2) is 30.7 Å². The van der Waals surface area contributed by atoms with Gasteiger partial charge in [-0.3, -0.25) is 4.79 Å². The van der Waals surface area contributed by atoms with E-state index in [0.29, 0.717) is 24.1 Å². The van der Waals surface area contributed by atoms with Gasteiger partial charge >= 0.3 is 0 Å². The van der Waals surface area contributed by atoms with Gasteiger partial charge in [0, 0.05) is 33.4 Å². The molecule has 170 valence electrons. The number of aryl methyl sites for hydroxylation is 1. The van der Waals surface area contributed by atoms with Crippen molar-refractivity contribution in [2.45, 2.75) is 51.0 Å². The molecule has 2 aliphatic rings. The number of nitrogens with one attached hydrogen (secondary N) is 1. The lowest BCUT2D eigenvalue weighted by molar-refractivity contribution is -0.197. The summed E-state index contributed by atoms with van der Waals surface area (Å²) < 4.78 is 52.7. The van der Waals surface area contributed by atoms with E-state index in [0.717, 1.165) is 12.5 Å². The summed E-state index contributed by atoms with van der Waals surface area (Å²) >= 11 is 0. The maximum absolute atomic E-state index is 13.8. The summed E-state index contributed by atoms with van der Waals surface area (Å²) in [5.41, 5.74) is 0.726. The molecule has 1 N–H and O–H groups in total. The molecule has 0 radical (unpaired) electrons. The minimum atomic E-state index is -2.57. The first-order chi connectivity index (χ1) is 14.6. The number of carbonyl (C=O) groups excluding carboxylic acids is 1. The molecule has 2 aromatic rings. The van der Waals surface area contributed by atoms with E-state index < -0.39 is 17.8 Å². The number of nitrogens with zero attached hydrogens (tertiary/aromatic N) is 4. The topological polar surface area (TPSA) is 72.7 Å². The highest BCUT2D eigenvalue weighted by atomic mass is 19.3. The van der Waals surface area contributed by atoms with Gasteiger partial charge in [-0.25, -0.2) is 23.1 Å². The van der Waals surface area contributed by atoms with Crippen molar-refractivity contribution in [2.75, 3.05) is 6.67 Å². The van der Waals surface area contributed by atoms with Crippen LogP contribution in [0.3, 0.4) is 0 Å². The lowest BCUT2D eigenvalue weighted by Gasteiger charge is -2.57. The van der Waals surface area contributed by atoms with Crippen LogP contribution in [0.1, 0.15) is 50.9 Å². The van der Waals surface area contributed by atoms with E-state index in [9.17, 15) is 22.4 Å². The Morgan fingerprint density at radius 2 is 2.03 bits per heavy atom. The van der Waals surface area contributed by atoms with Crippen molar-refractivity contribution in [3.63, 3.8) is 0 Å². The molecule has 31 heavy (non-hydrogen) atoms. The minimum Gasteiger partial charge on any atom is -0.348 e. The first kappa shape index (κ1) is 22.9. The van der Waals surface area contributed by atoms with E-state index >= 15 is 0 Å². The van der Waals surface area contributed by atoms with Crippen LogP contribution in [-0.4, -0.2) is 44.1 Å². The van der Waals surface area contributed by atoms with Crippen LogP contribution in [-0.2, 0) is 7.05 Å². The van der Waals surface area contributed by atoms with Crippen LogP contribution < -0.4 is 5.32 Å². The third-order valence-corrected chi connectivity index (χ3v) is 5.62. The maximum Gasteiger partial charge on any atom is 0.270 e. The van der Waals surface area contributed by atoms with E-state index in [2.05, 4.69) is 26.8 Å². The number of rotatable bonds is 5. The molecule has 0 aliphatic heterocycles. The van der Waals surface area contributed by atoms with Gasteiger partial charge in [0.25, 0.3) is 5.91 Å². The predicted octanol–water partition coefficient (Wildman–Crippen LogP) is 4.49. The highest BCUT2D eigenvalue weighted by molar-refractivity contribution is 5.92. The molecule has 2 fully saturated rings. The number of hydrogen-bond donors (Lipinski definition) is 1. The fraction of sp³-hybridized carbons (Fsp3) is 0.524. The smallest absolute Gasteiger partial charge is 0.270 e. The van der Waals surface area contributed by atoms with Crippen LogP contribution in [0.2, 0.25) is 0 Å². The molecule has 2 aromatic heterocycles. The second kappa shape index (κ2) is 8.76. The molecule has 10 heteroatoms. The fourth-order valence-electron chi connectivity index (χ4n) is 4.00. The maximum atomic E-state index is 13.8. The van der Waals surface area contributed by atoms with Gasteiger partial charge in [0.2, 0.25) is 11.9 Å². The molecule has 4 rings (SSSR count). The summed E-state index contributed by atoms with van der Waals surface area (Å²) in [5, 5.41) is 2.73. The summed E-state index contributed by atoms with van der Waals surface area (Å²) in [5.74, 6) is -3.85. The second-order valence-corrected chi connectivity index (χ2v) is 8.31. The van der Waals surface area contributed by atoms with Crippen LogP contribution in [0.25, 0.3) is 11.5 Å². The lowest BCUT2D eigenvalue weighted by atomic mass is 9.52. The first-order valence-corrected chi connectivity index (χ1v) is 9.99. The Kier molecular flexibility index (Phi) is 6.47. The number of alkyl halides is 3. The number of amides is 1. The Labute approximate surface area is 179 Å². The van der Waals surface area contributed by atoms with Crippen molar-refractivity contribution in [1.29, 1.82) is 0 Å². The summed E-state index contributed by atoms with van der Waals surface area (Å²) in [6.45, 7) is 4.94. The third kappa shape index (κ3) is 5.29. The van der Waals surface area contributed by atoms with E-state index in [4.69, 9.17) is 0 Å². The van der Waals surface area contributed by atoms with Gasteiger partial charge < -0.3 is 9.88 Å². The molecule has 2 heterocycles. The van der Waals surface area contributed by atoms with Gasteiger partial charge in [0.15, 0.2) is 5.82 Å². The molecule has 2 aliphatic carbocycles. The van der Waals surface area contributed by atoms with Gasteiger partial charge in [-0.1, -0.05) is 13.5 Å². The number of carbonyl (C=O) groups is 1. The van der Waals surface area contributed by atoms with Crippen molar-refractivity contribution in [3.05, 3.63) is 42.4 Å². The molecule has 0 unspecified atom stereocenters. The van der Waals surface area contributed by atoms with Crippen LogP contribution in [0.4, 0.5) is 17.6 Å². The van der Waals surface area contributed by atoms with Gasteiger partial charge in [-0.15, -0.1) is 0 Å². The van der Waals surface area contributed by atoms with E-state index in [1.807, 2.05) is 6.92 Å². The molecule has 0 bridgehead atoms. The average molecular weight is 441 g/mol. The summed E-state index contributed by atoms with van der Waals surface area (Å²) in [7, 11) is 1.71. The highest BCUT2D eigenvalue weighted by Crippen LogP contribution is 2.62. The molecule has 1 spiro atoms. The SMILES string of the molecule is C=C(CC)CF.Cn1cncc1-c1nc(F)cc(C(=O)NC2CC3(C2)CC(F)(F)C3)n1.[HH]. The summed E-state index contributed by atoms with van der Waals surface area (Å²) in [4.78, 5) is 24.0. The number of aromatic nitrogens is 4. The first-order valence-electron chi connectivity index (χ1n) is 9.99. The van der Waals surface area contributed by atoms with Gasteiger partial charge in [-0.05, 0) is 30.3 Å². The predicted molar refractivity (Wildman–Crippen MR) is 109 cm³/mol. The van der Waals surface area contributed by atoms with Gasteiger partial charge in [0.05, 0.1) is 12.5 Å². The Hall–Kier alpha value is -2.78. The monoisotopic (exact) mass is 441 g/mol. The molecule has 6 nitrogen and oxygen atoms in total. The molecule has 1 amide bonds. The van der Waals surface area contributed by atoms with Crippen LogP contribution in [0, 0.1) is 11.4 Å². The lowest BCUT2D eigenvalue weighted by Crippen LogP contribution is -2.59. The Morgan fingerprint density at radius 1 is 1.35 bits per heavy atom. The second-order valence-electron chi connectivity index (χ2n) is 8.31. The van der Waals surface area contributed by atoms with Gasteiger partial charge in [0.1, 0.15) is 18.1 Å². The molecular weight excluding hydrogens is 414 g/mol. The van der Waals surface area contributed by atoms with Crippen LogP contribution in [0.5, 0.6) is 0 Å². The van der Waals surface area contributed by atoms with E-state index in [1.165, 1.54) is 12.5 Å². The zero-order chi connectivity index (χ0) is 22.8. The van der Waals surface area contributed by atoms with Crippen molar-refractivity contribution in [3.8, 4) is 11.5 Å². The normalized spacial score (nSPS) is 18.4. The standard InChI is InChI=1S/C16H16F3N5O.C5H9F.H2/c1-24-8-20-5-11(24)13-22-10(2-12(17)23-13)14(25)21-9-3-15(4-9)6-16(18,19)7-15;1-3-5(2)4-6;/h2,5,8-9H,3-4,6-7H2,1H3,(H,21,25);2-4H2,1H3;1H. The minimum absolute atomic E-state index is 0. The molecule has 0 aromatic carbocycles. The largest absolute Gasteiger partial charge is 0.348 e. The van der Waals surface area contributed by atoms with Crippen LogP contribution >= 0.6 is 0 Å². The molecule has 2 saturated carbocycles. The number of hydrogen-bond acceptors (Lipinski definition) is 4. The number of allylic oxidation sites excluding steroid dienone is 1.